The van der Waals surface area contributed by atoms with E-state index in [-0.39, 0.29) is 0 Å². The molecule has 84 valence electrons. The molecule has 1 aromatic rings. The van der Waals surface area contributed by atoms with Crippen molar-refractivity contribution in [1.82, 2.24) is 4.90 Å². The lowest BCUT2D eigenvalue weighted by atomic mass is 10.0. The van der Waals surface area contributed by atoms with Gasteiger partial charge in [-0.1, -0.05) is 43.7 Å². The molecule has 0 bridgehead atoms. The van der Waals surface area contributed by atoms with Gasteiger partial charge in [-0.25, -0.2) is 0 Å². The van der Waals surface area contributed by atoms with Crippen LogP contribution in [0.25, 0.3) is 0 Å². The molecule has 2 heteroatoms. The van der Waals surface area contributed by atoms with Gasteiger partial charge in [0.2, 0.25) is 0 Å². The standard InChI is InChI=1S/C13H22N2/c1-4-15(5-2)13(10-14)12-8-6-11(3)7-9-12/h6-9,13H,4-5,10,14H2,1-3H3/t13-/m1/s1. The number of aryl methyl sites for hydroxylation is 1. The Morgan fingerprint density at radius 1 is 1.13 bits per heavy atom. The number of benzene rings is 1. The summed E-state index contributed by atoms with van der Waals surface area (Å²) in [5, 5.41) is 0. The van der Waals surface area contributed by atoms with Crippen molar-refractivity contribution in [2.24, 2.45) is 5.73 Å². The molecule has 2 nitrogen and oxygen atoms in total. The average molecular weight is 206 g/mol. The van der Waals surface area contributed by atoms with Crippen LogP contribution >= 0.6 is 0 Å². The van der Waals surface area contributed by atoms with Crippen LogP contribution in [0, 0.1) is 6.92 Å². The van der Waals surface area contributed by atoms with Crippen LogP contribution in [0.2, 0.25) is 0 Å². The lowest BCUT2D eigenvalue weighted by molar-refractivity contribution is 0.224. The van der Waals surface area contributed by atoms with Crippen molar-refractivity contribution in [2.75, 3.05) is 19.6 Å². The highest BCUT2D eigenvalue weighted by Crippen LogP contribution is 2.19. The molecule has 0 amide bonds. The van der Waals surface area contributed by atoms with E-state index in [0.717, 1.165) is 13.1 Å². The van der Waals surface area contributed by atoms with Crippen molar-refractivity contribution in [2.45, 2.75) is 26.8 Å². The van der Waals surface area contributed by atoms with Gasteiger partial charge in [-0.3, -0.25) is 4.90 Å². The Bertz CT molecular complexity index is 275. The summed E-state index contributed by atoms with van der Waals surface area (Å²) in [7, 11) is 0. The first-order valence-electron chi connectivity index (χ1n) is 5.73. The fourth-order valence-electron chi connectivity index (χ4n) is 1.95. The molecular formula is C13H22N2. The maximum Gasteiger partial charge on any atom is 0.0470 e. The third-order valence-electron chi connectivity index (χ3n) is 2.94. The topological polar surface area (TPSA) is 29.3 Å². The van der Waals surface area contributed by atoms with Crippen LogP contribution in [0.15, 0.2) is 24.3 Å². The summed E-state index contributed by atoms with van der Waals surface area (Å²) in [4.78, 5) is 2.39. The van der Waals surface area contributed by atoms with Gasteiger partial charge in [0.15, 0.2) is 0 Å². The molecule has 0 aliphatic carbocycles. The van der Waals surface area contributed by atoms with Gasteiger partial charge < -0.3 is 5.73 Å². The maximum absolute atomic E-state index is 5.85. The molecule has 0 saturated heterocycles. The Labute approximate surface area is 93.1 Å². The molecule has 1 rings (SSSR count). The summed E-state index contributed by atoms with van der Waals surface area (Å²) >= 11 is 0. The molecule has 0 saturated carbocycles. The second-order valence-electron chi connectivity index (χ2n) is 3.88. The summed E-state index contributed by atoms with van der Waals surface area (Å²) in [5.74, 6) is 0. The lowest BCUT2D eigenvalue weighted by Gasteiger charge is -2.29. The second-order valence-corrected chi connectivity index (χ2v) is 3.88. The summed E-state index contributed by atoms with van der Waals surface area (Å²) < 4.78 is 0. The molecule has 0 aliphatic rings. The quantitative estimate of drug-likeness (QED) is 0.801. The first kappa shape index (κ1) is 12.2. The molecule has 0 heterocycles. The summed E-state index contributed by atoms with van der Waals surface area (Å²) in [6.07, 6.45) is 0. The zero-order valence-electron chi connectivity index (χ0n) is 10.0. The van der Waals surface area contributed by atoms with Gasteiger partial charge in [0.1, 0.15) is 0 Å². The molecule has 1 aromatic carbocycles. The van der Waals surface area contributed by atoms with Crippen LogP contribution in [0.4, 0.5) is 0 Å². The molecule has 0 radical (unpaired) electrons. The third kappa shape index (κ3) is 3.05. The summed E-state index contributed by atoms with van der Waals surface area (Å²) in [6.45, 7) is 9.25. The van der Waals surface area contributed by atoms with Crippen molar-refractivity contribution in [1.29, 1.82) is 0 Å². The first-order valence-corrected chi connectivity index (χ1v) is 5.73. The molecule has 2 N–H and O–H groups in total. The van der Waals surface area contributed by atoms with Gasteiger partial charge in [-0.05, 0) is 25.6 Å². The highest BCUT2D eigenvalue weighted by Gasteiger charge is 2.15. The van der Waals surface area contributed by atoms with Crippen LogP contribution in [-0.4, -0.2) is 24.5 Å². The fourth-order valence-corrected chi connectivity index (χ4v) is 1.95. The minimum absolute atomic E-state index is 0.362. The zero-order chi connectivity index (χ0) is 11.3. The Kier molecular flexibility index (Phi) is 4.79. The number of rotatable bonds is 5. The Morgan fingerprint density at radius 2 is 1.67 bits per heavy atom. The van der Waals surface area contributed by atoms with Crippen LogP contribution in [-0.2, 0) is 0 Å². The molecule has 0 aliphatic heterocycles. The highest BCUT2D eigenvalue weighted by molar-refractivity contribution is 5.24. The molecule has 15 heavy (non-hydrogen) atoms. The monoisotopic (exact) mass is 206 g/mol. The Morgan fingerprint density at radius 3 is 2.07 bits per heavy atom. The smallest absolute Gasteiger partial charge is 0.0470 e. The van der Waals surface area contributed by atoms with E-state index in [1.165, 1.54) is 11.1 Å². The molecule has 0 aromatic heterocycles. The van der Waals surface area contributed by atoms with E-state index in [9.17, 15) is 0 Å². The fraction of sp³-hybridized carbons (Fsp3) is 0.538. The number of nitrogens with two attached hydrogens (primary N) is 1. The van der Waals surface area contributed by atoms with Crippen molar-refractivity contribution in [3.63, 3.8) is 0 Å². The van der Waals surface area contributed by atoms with E-state index in [1.807, 2.05) is 0 Å². The minimum Gasteiger partial charge on any atom is -0.329 e. The van der Waals surface area contributed by atoms with Crippen LogP contribution < -0.4 is 5.73 Å². The average Bonchev–Trinajstić information content (AvgIpc) is 2.27. The van der Waals surface area contributed by atoms with Crippen LogP contribution in [0.5, 0.6) is 0 Å². The number of hydrogen-bond donors (Lipinski definition) is 1. The number of hydrogen-bond acceptors (Lipinski definition) is 2. The van der Waals surface area contributed by atoms with Gasteiger partial charge in [0.25, 0.3) is 0 Å². The van der Waals surface area contributed by atoms with Gasteiger partial charge in [0, 0.05) is 12.6 Å². The van der Waals surface area contributed by atoms with E-state index in [1.54, 1.807) is 0 Å². The minimum atomic E-state index is 0.362. The van der Waals surface area contributed by atoms with Crippen molar-refractivity contribution in [3.8, 4) is 0 Å². The number of nitrogens with zero attached hydrogens (tertiary/aromatic N) is 1. The maximum atomic E-state index is 5.85. The predicted octanol–water partition coefficient (Wildman–Crippen LogP) is 2.34. The van der Waals surface area contributed by atoms with Crippen molar-refractivity contribution >= 4 is 0 Å². The van der Waals surface area contributed by atoms with Gasteiger partial charge in [-0.2, -0.15) is 0 Å². The Balaban J connectivity index is 2.86. The Hall–Kier alpha value is -0.860. The highest BCUT2D eigenvalue weighted by atomic mass is 15.2. The van der Waals surface area contributed by atoms with Crippen molar-refractivity contribution < 1.29 is 0 Å². The normalized spacial score (nSPS) is 13.1. The van der Waals surface area contributed by atoms with Crippen molar-refractivity contribution in [3.05, 3.63) is 35.4 Å². The molecule has 1 atom stereocenters. The van der Waals surface area contributed by atoms with E-state index in [2.05, 4.69) is 49.9 Å². The molecule has 0 spiro atoms. The number of likely N-dealkylation sites (N-methyl/N-ethyl adjacent to an activating group) is 1. The molecular weight excluding hydrogens is 184 g/mol. The van der Waals surface area contributed by atoms with Crippen LogP contribution in [0.3, 0.4) is 0 Å². The predicted molar refractivity (Wildman–Crippen MR) is 65.9 cm³/mol. The molecule has 0 unspecified atom stereocenters. The lowest BCUT2D eigenvalue weighted by Crippen LogP contribution is -2.33. The summed E-state index contributed by atoms with van der Waals surface area (Å²) in [5.41, 5.74) is 8.48. The summed E-state index contributed by atoms with van der Waals surface area (Å²) in [6, 6.07) is 9.04. The zero-order valence-corrected chi connectivity index (χ0v) is 10.0. The van der Waals surface area contributed by atoms with E-state index in [4.69, 9.17) is 5.73 Å². The van der Waals surface area contributed by atoms with Gasteiger partial charge in [-0.15, -0.1) is 0 Å². The first-order chi connectivity index (χ1) is 7.22. The molecule has 0 fully saturated rings. The largest absolute Gasteiger partial charge is 0.329 e. The van der Waals surface area contributed by atoms with E-state index >= 15 is 0 Å². The third-order valence-corrected chi connectivity index (χ3v) is 2.94. The van der Waals surface area contributed by atoms with Gasteiger partial charge in [0.05, 0.1) is 0 Å². The van der Waals surface area contributed by atoms with E-state index in [0.29, 0.717) is 12.6 Å². The van der Waals surface area contributed by atoms with Crippen LogP contribution in [0.1, 0.15) is 31.0 Å². The SMILES string of the molecule is CCN(CC)[C@H](CN)c1ccc(C)cc1. The van der Waals surface area contributed by atoms with E-state index < -0.39 is 0 Å². The second kappa shape index (κ2) is 5.89. The van der Waals surface area contributed by atoms with Gasteiger partial charge >= 0.3 is 0 Å².